The number of para-hydroxylation sites is 1. The van der Waals surface area contributed by atoms with Crippen molar-refractivity contribution in [3.05, 3.63) is 60.2 Å². The zero-order valence-corrected chi connectivity index (χ0v) is 13.9. The Morgan fingerprint density at radius 1 is 1.16 bits per heavy atom. The molecule has 2 aromatic carbocycles. The molecular formula is C19H19N3O3. The number of rotatable bonds is 5. The Morgan fingerprint density at radius 3 is 2.56 bits per heavy atom. The van der Waals surface area contributed by atoms with Gasteiger partial charge in [0.05, 0.1) is 19.2 Å². The number of amides is 2. The van der Waals surface area contributed by atoms with Crippen molar-refractivity contribution in [1.82, 2.24) is 5.32 Å². The van der Waals surface area contributed by atoms with Gasteiger partial charge in [-0.1, -0.05) is 30.3 Å². The molecule has 2 aromatic rings. The number of hydrogen-bond donors (Lipinski definition) is 1. The first kappa shape index (κ1) is 16.7. The number of anilines is 1. The first-order valence-electron chi connectivity index (χ1n) is 8.04. The van der Waals surface area contributed by atoms with Crippen LogP contribution in [0, 0.1) is 0 Å². The Bertz CT molecular complexity index is 785. The highest BCUT2D eigenvalue weighted by Crippen LogP contribution is 2.19. The molecule has 0 bridgehead atoms. The summed E-state index contributed by atoms with van der Waals surface area (Å²) >= 11 is 0. The van der Waals surface area contributed by atoms with Crippen LogP contribution in [0.25, 0.3) is 0 Å². The van der Waals surface area contributed by atoms with Crippen LogP contribution < -0.4 is 15.1 Å². The molecule has 1 aliphatic heterocycles. The van der Waals surface area contributed by atoms with Crippen molar-refractivity contribution < 1.29 is 14.3 Å². The molecule has 6 heteroatoms. The molecule has 0 unspecified atom stereocenters. The topological polar surface area (TPSA) is 71.0 Å². The predicted octanol–water partition coefficient (Wildman–Crippen LogP) is 2.49. The summed E-state index contributed by atoms with van der Waals surface area (Å²) in [7, 11) is 1.62. The highest BCUT2D eigenvalue weighted by molar-refractivity contribution is 6.15. The Morgan fingerprint density at radius 2 is 1.88 bits per heavy atom. The van der Waals surface area contributed by atoms with E-state index in [0.717, 1.165) is 11.3 Å². The van der Waals surface area contributed by atoms with Crippen LogP contribution in [0.3, 0.4) is 0 Å². The molecule has 2 amide bonds. The fourth-order valence-corrected chi connectivity index (χ4v) is 2.54. The Balaban J connectivity index is 1.55. The molecule has 3 rings (SSSR count). The molecule has 0 spiro atoms. The highest BCUT2D eigenvalue weighted by Gasteiger charge is 2.26. The number of benzene rings is 2. The summed E-state index contributed by atoms with van der Waals surface area (Å²) < 4.78 is 5.11. The summed E-state index contributed by atoms with van der Waals surface area (Å²) in [6.07, 6.45) is 1.04. The Hall–Kier alpha value is -3.15. The van der Waals surface area contributed by atoms with Crippen molar-refractivity contribution in [3.63, 3.8) is 0 Å². The van der Waals surface area contributed by atoms with Crippen LogP contribution in [-0.2, 0) is 16.0 Å². The van der Waals surface area contributed by atoms with Gasteiger partial charge < -0.3 is 10.1 Å². The summed E-state index contributed by atoms with van der Waals surface area (Å²) in [6, 6.07) is 16.7. The van der Waals surface area contributed by atoms with Gasteiger partial charge in [0, 0.05) is 6.42 Å². The number of nitrogens with one attached hydrogen (secondary N) is 1. The van der Waals surface area contributed by atoms with Crippen molar-refractivity contribution in [2.45, 2.75) is 19.3 Å². The van der Waals surface area contributed by atoms with Gasteiger partial charge in [-0.3, -0.25) is 9.59 Å². The number of hydrogen-bond acceptors (Lipinski definition) is 4. The summed E-state index contributed by atoms with van der Waals surface area (Å²) in [5, 5.41) is 8.25. The molecule has 6 nitrogen and oxygen atoms in total. The fraction of sp³-hybridized carbons (Fsp3) is 0.211. The van der Waals surface area contributed by atoms with Crippen LogP contribution >= 0.6 is 0 Å². The zero-order chi connectivity index (χ0) is 17.6. The van der Waals surface area contributed by atoms with E-state index in [9.17, 15) is 9.59 Å². The molecule has 1 heterocycles. The van der Waals surface area contributed by atoms with Gasteiger partial charge >= 0.3 is 0 Å². The third-order valence-electron chi connectivity index (χ3n) is 3.86. The summed E-state index contributed by atoms with van der Waals surface area (Å²) in [5.41, 5.74) is 1.74. The van der Waals surface area contributed by atoms with Crippen LogP contribution in [0.1, 0.15) is 18.4 Å². The minimum absolute atomic E-state index is 0.100. The second kappa shape index (κ2) is 7.61. The largest absolute Gasteiger partial charge is 0.497 e. The van der Waals surface area contributed by atoms with Crippen LogP contribution in [0.4, 0.5) is 5.69 Å². The first-order valence-corrected chi connectivity index (χ1v) is 8.04. The summed E-state index contributed by atoms with van der Waals surface area (Å²) in [6.45, 7) is 0. The second-order valence-electron chi connectivity index (χ2n) is 5.66. The monoisotopic (exact) mass is 337 g/mol. The van der Waals surface area contributed by atoms with Crippen molar-refractivity contribution in [2.24, 2.45) is 5.10 Å². The second-order valence-corrected chi connectivity index (χ2v) is 5.66. The van der Waals surface area contributed by atoms with Crippen molar-refractivity contribution in [1.29, 1.82) is 0 Å². The number of carbonyl (C=O) groups excluding carboxylic acids is 2. The molecule has 0 saturated heterocycles. The Kier molecular flexibility index (Phi) is 5.09. The lowest BCUT2D eigenvalue weighted by molar-refractivity contribution is -0.119. The van der Waals surface area contributed by atoms with E-state index in [2.05, 4.69) is 10.4 Å². The average molecular weight is 337 g/mol. The molecule has 128 valence electrons. The third-order valence-corrected chi connectivity index (χ3v) is 3.86. The van der Waals surface area contributed by atoms with E-state index < -0.39 is 0 Å². The minimum atomic E-state index is -0.156. The van der Waals surface area contributed by atoms with E-state index in [4.69, 9.17) is 4.74 Å². The van der Waals surface area contributed by atoms with Gasteiger partial charge in [0.25, 0.3) is 5.91 Å². The zero-order valence-electron chi connectivity index (χ0n) is 13.9. The molecule has 0 radical (unpaired) electrons. The van der Waals surface area contributed by atoms with Gasteiger partial charge in [-0.25, -0.2) is 0 Å². The first-order chi connectivity index (χ1) is 12.2. The van der Waals surface area contributed by atoms with Crippen LogP contribution in [0.2, 0.25) is 0 Å². The number of ether oxygens (including phenoxy) is 1. The molecule has 0 atom stereocenters. The van der Waals surface area contributed by atoms with Crippen molar-refractivity contribution in [3.8, 4) is 5.75 Å². The van der Waals surface area contributed by atoms with E-state index in [1.807, 2.05) is 42.5 Å². The third kappa shape index (κ3) is 4.23. The van der Waals surface area contributed by atoms with Gasteiger partial charge in [0.1, 0.15) is 11.6 Å². The van der Waals surface area contributed by atoms with E-state index in [1.165, 1.54) is 5.01 Å². The molecule has 1 aliphatic rings. The molecule has 0 aliphatic carbocycles. The lowest BCUT2D eigenvalue weighted by Gasteiger charge is -2.10. The molecule has 25 heavy (non-hydrogen) atoms. The molecule has 0 saturated carbocycles. The minimum Gasteiger partial charge on any atom is -0.497 e. The maximum Gasteiger partial charge on any atom is 0.255 e. The average Bonchev–Trinajstić information content (AvgIpc) is 3.01. The Labute approximate surface area is 146 Å². The van der Waals surface area contributed by atoms with Gasteiger partial charge in [0.15, 0.2) is 0 Å². The quantitative estimate of drug-likeness (QED) is 0.911. The summed E-state index contributed by atoms with van der Waals surface area (Å²) in [4.78, 5) is 24.2. The van der Waals surface area contributed by atoms with E-state index in [-0.39, 0.29) is 18.2 Å². The number of aryl methyl sites for hydroxylation is 1. The van der Waals surface area contributed by atoms with E-state index in [1.54, 1.807) is 19.2 Å². The number of methoxy groups -OCH3 is 1. The van der Waals surface area contributed by atoms with Gasteiger partial charge in [0.2, 0.25) is 5.91 Å². The molecular weight excluding hydrogens is 318 g/mol. The van der Waals surface area contributed by atoms with Gasteiger partial charge in [-0.15, -0.1) is 0 Å². The predicted molar refractivity (Wildman–Crippen MR) is 95.4 cm³/mol. The standard InChI is InChI=1S/C19H19N3O3/c1-25-16-10-7-14(8-11-16)9-12-18(23)20-17-13-19(24)22(21-17)15-5-3-2-4-6-15/h2-8,10-11H,9,12-13H2,1H3,(H,20,21,23). The normalized spacial score (nSPS) is 13.6. The molecule has 0 aromatic heterocycles. The highest BCUT2D eigenvalue weighted by atomic mass is 16.5. The van der Waals surface area contributed by atoms with Crippen LogP contribution in [0.15, 0.2) is 59.7 Å². The number of nitrogens with zero attached hydrogens (tertiary/aromatic N) is 2. The number of carbonyl (C=O) groups is 2. The molecule has 1 N–H and O–H groups in total. The fourth-order valence-electron chi connectivity index (χ4n) is 2.54. The maximum atomic E-state index is 12.1. The maximum absolute atomic E-state index is 12.1. The smallest absolute Gasteiger partial charge is 0.255 e. The molecule has 0 fully saturated rings. The van der Waals surface area contributed by atoms with Crippen molar-refractivity contribution >= 4 is 23.3 Å². The van der Waals surface area contributed by atoms with E-state index in [0.29, 0.717) is 24.4 Å². The van der Waals surface area contributed by atoms with E-state index >= 15 is 0 Å². The van der Waals surface area contributed by atoms with Gasteiger partial charge in [-0.05, 0) is 36.2 Å². The van der Waals surface area contributed by atoms with Crippen LogP contribution in [-0.4, -0.2) is 24.8 Å². The number of amidine groups is 1. The van der Waals surface area contributed by atoms with Crippen molar-refractivity contribution in [2.75, 3.05) is 12.1 Å². The van der Waals surface area contributed by atoms with Crippen LogP contribution in [0.5, 0.6) is 5.75 Å². The lowest BCUT2D eigenvalue weighted by Crippen LogP contribution is -2.29. The number of hydrazone groups is 1. The lowest BCUT2D eigenvalue weighted by atomic mass is 10.1. The van der Waals surface area contributed by atoms with Gasteiger partial charge in [-0.2, -0.15) is 10.1 Å². The SMILES string of the molecule is COc1ccc(CCC(=O)NC2=NN(c3ccccc3)C(=O)C2)cc1. The summed E-state index contributed by atoms with van der Waals surface area (Å²) in [5.74, 6) is 0.857.